The van der Waals surface area contributed by atoms with Crippen molar-refractivity contribution in [3.05, 3.63) is 35.9 Å². The normalized spacial score (nSPS) is 12.2. The first-order valence-electron chi connectivity index (χ1n) is 6.24. The first-order valence-corrected chi connectivity index (χ1v) is 7.53. The number of thioether (sulfide) groups is 1. The Kier molecular flexibility index (Phi) is 6.83. The third-order valence-corrected chi connectivity index (χ3v) is 3.83. The van der Waals surface area contributed by atoms with Crippen molar-refractivity contribution in [3.8, 4) is 0 Å². The van der Waals surface area contributed by atoms with Crippen molar-refractivity contribution < 1.29 is 4.79 Å². The van der Waals surface area contributed by atoms with E-state index >= 15 is 0 Å². The molecule has 1 unspecified atom stereocenters. The first-order chi connectivity index (χ1) is 8.69. The highest BCUT2D eigenvalue weighted by Gasteiger charge is 2.18. The Morgan fingerprint density at radius 2 is 2.00 bits per heavy atom. The summed E-state index contributed by atoms with van der Waals surface area (Å²) in [6.07, 6.45) is 2.84. The minimum Gasteiger partial charge on any atom is -0.340 e. The molecule has 4 heteroatoms. The third kappa shape index (κ3) is 4.70. The minimum absolute atomic E-state index is 0.00678. The highest BCUT2D eigenvalue weighted by molar-refractivity contribution is 7.99. The van der Waals surface area contributed by atoms with Gasteiger partial charge in [-0.05, 0) is 25.2 Å². The molecule has 1 atom stereocenters. The number of nitrogens with zero attached hydrogens (tertiary/aromatic N) is 1. The Labute approximate surface area is 114 Å². The zero-order valence-corrected chi connectivity index (χ0v) is 12.0. The van der Waals surface area contributed by atoms with Gasteiger partial charge in [-0.3, -0.25) is 4.79 Å². The SMILES string of the molecule is CSC(C)C(=O)N(CCN)CCc1ccccc1. The van der Waals surface area contributed by atoms with Gasteiger partial charge in [-0.1, -0.05) is 30.3 Å². The van der Waals surface area contributed by atoms with Crippen LogP contribution in [-0.4, -0.2) is 41.9 Å². The first kappa shape index (κ1) is 15.1. The molecule has 100 valence electrons. The lowest BCUT2D eigenvalue weighted by atomic mass is 10.1. The Morgan fingerprint density at radius 3 is 2.56 bits per heavy atom. The molecule has 3 nitrogen and oxygen atoms in total. The van der Waals surface area contributed by atoms with Crippen LogP contribution in [0.3, 0.4) is 0 Å². The third-order valence-electron chi connectivity index (χ3n) is 2.93. The van der Waals surface area contributed by atoms with Gasteiger partial charge in [0.15, 0.2) is 0 Å². The Hall–Kier alpha value is -1.00. The van der Waals surface area contributed by atoms with Gasteiger partial charge in [0.25, 0.3) is 0 Å². The molecule has 1 aromatic rings. The molecule has 1 rings (SSSR count). The van der Waals surface area contributed by atoms with Crippen LogP contribution in [0.15, 0.2) is 30.3 Å². The standard InChI is InChI=1S/C14H22N2OS/c1-12(18-2)14(17)16(11-9-15)10-8-13-6-4-3-5-7-13/h3-7,12H,8-11,15H2,1-2H3. The molecule has 1 amide bonds. The van der Waals surface area contributed by atoms with E-state index in [0.29, 0.717) is 13.1 Å². The van der Waals surface area contributed by atoms with Crippen LogP contribution < -0.4 is 5.73 Å². The molecule has 0 fully saturated rings. The maximum Gasteiger partial charge on any atom is 0.235 e. The number of benzene rings is 1. The van der Waals surface area contributed by atoms with E-state index in [2.05, 4.69) is 12.1 Å². The summed E-state index contributed by atoms with van der Waals surface area (Å²) in [7, 11) is 0. The number of rotatable bonds is 7. The van der Waals surface area contributed by atoms with Gasteiger partial charge in [0.1, 0.15) is 0 Å². The Balaban J connectivity index is 2.55. The van der Waals surface area contributed by atoms with Crippen molar-refractivity contribution in [3.63, 3.8) is 0 Å². The molecule has 18 heavy (non-hydrogen) atoms. The number of carbonyl (C=O) groups excluding carboxylic acids is 1. The quantitative estimate of drug-likeness (QED) is 0.818. The Bertz CT molecular complexity index is 356. The monoisotopic (exact) mass is 266 g/mol. The summed E-state index contributed by atoms with van der Waals surface area (Å²) in [5.74, 6) is 0.184. The number of hydrogen-bond donors (Lipinski definition) is 1. The van der Waals surface area contributed by atoms with Gasteiger partial charge < -0.3 is 10.6 Å². The summed E-state index contributed by atoms with van der Waals surface area (Å²) >= 11 is 1.58. The lowest BCUT2D eigenvalue weighted by Gasteiger charge is -2.24. The highest BCUT2D eigenvalue weighted by Crippen LogP contribution is 2.10. The summed E-state index contributed by atoms with van der Waals surface area (Å²) < 4.78 is 0. The molecule has 0 aliphatic heterocycles. The smallest absolute Gasteiger partial charge is 0.235 e. The zero-order valence-electron chi connectivity index (χ0n) is 11.1. The van der Waals surface area contributed by atoms with Crippen molar-refractivity contribution in [2.75, 3.05) is 25.9 Å². The fraction of sp³-hybridized carbons (Fsp3) is 0.500. The lowest BCUT2D eigenvalue weighted by molar-refractivity contribution is -0.130. The lowest BCUT2D eigenvalue weighted by Crippen LogP contribution is -2.41. The second-order valence-electron chi connectivity index (χ2n) is 4.23. The molecule has 0 spiro atoms. The summed E-state index contributed by atoms with van der Waals surface area (Å²) in [5, 5.41) is 0.00678. The molecule has 0 aliphatic carbocycles. The van der Waals surface area contributed by atoms with E-state index < -0.39 is 0 Å². The molecule has 0 saturated carbocycles. The predicted octanol–water partition coefficient (Wildman–Crippen LogP) is 1.77. The predicted molar refractivity (Wildman–Crippen MR) is 78.8 cm³/mol. The molecule has 0 heterocycles. The second kappa shape index (κ2) is 8.16. The molecule has 0 radical (unpaired) electrons. The second-order valence-corrected chi connectivity index (χ2v) is 5.41. The molecule has 1 aromatic carbocycles. The van der Waals surface area contributed by atoms with Gasteiger partial charge in [-0.25, -0.2) is 0 Å². The molecule has 0 aliphatic rings. The van der Waals surface area contributed by atoms with Crippen LogP contribution in [0.25, 0.3) is 0 Å². The van der Waals surface area contributed by atoms with Crippen molar-refractivity contribution in [1.82, 2.24) is 4.90 Å². The van der Waals surface area contributed by atoms with E-state index in [4.69, 9.17) is 5.73 Å². The summed E-state index contributed by atoms with van der Waals surface area (Å²) in [4.78, 5) is 14.0. The van der Waals surface area contributed by atoms with E-state index in [1.807, 2.05) is 36.3 Å². The molecule has 0 bridgehead atoms. The number of nitrogens with two attached hydrogens (primary N) is 1. The van der Waals surface area contributed by atoms with Crippen molar-refractivity contribution in [1.29, 1.82) is 0 Å². The minimum atomic E-state index is 0.00678. The summed E-state index contributed by atoms with van der Waals surface area (Å²) in [6.45, 7) is 3.84. The number of amides is 1. The molecular weight excluding hydrogens is 244 g/mol. The average molecular weight is 266 g/mol. The van der Waals surface area contributed by atoms with Crippen molar-refractivity contribution >= 4 is 17.7 Å². The molecule has 0 saturated heterocycles. The van der Waals surface area contributed by atoms with Gasteiger partial charge in [0.2, 0.25) is 5.91 Å². The van der Waals surface area contributed by atoms with Crippen LogP contribution in [0.4, 0.5) is 0 Å². The van der Waals surface area contributed by atoms with E-state index in [9.17, 15) is 4.79 Å². The maximum atomic E-state index is 12.1. The molecule has 0 aromatic heterocycles. The van der Waals surface area contributed by atoms with Gasteiger partial charge in [0, 0.05) is 19.6 Å². The summed E-state index contributed by atoms with van der Waals surface area (Å²) in [6, 6.07) is 10.2. The van der Waals surface area contributed by atoms with E-state index in [1.165, 1.54) is 5.56 Å². The van der Waals surface area contributed by atoms with Crippen molar-refractivity contribution in [2.45, 2.75) is 18.6 Å². The topological polar surface area (TPSA) is 46.3 Å². The van der Waals surface area contributed by atoms with Crippen LogP contribution in [0.1, 0.15) is 12.5 Å². The van der Waals surface area contributed by atoms with Gasteiger partial charge in [-0.15, -0.1) is 0 Å². The fourth-order valence-electron chi connectivity index (χ4n) is 1.75. The van der Waals surface area contributed by atoms with E-state index in [0.717, 1.165) is 13.0 Å². The molecule has 2 N–H and O–H groups in total. The maximum absolute atomic E-state index is 12.1. The van der Waals surface area contributed by atoms with E-state index in [-0.39, 0.29) is 11.2 Å². The van der Waals surface area contributed by atoms with Gasteiger partial charge in [0.05, 0.1) is 5.25 Å². The fourth-order valence-corrected chi connectivity index (χ4v) is 2.11. The summed E-state index contributed by atoms with van der Waals surface area (Å²) in [5.41, 5.74) is 6.83. The number of carbonyl (C=O) groups is 1. The zero-order chi connectivity index (χ0) is 13.4. The van der Waals surface area contributed by atoms with E-state index in [1.54, 1.807) is 11.8 Å². The van der Waals surface area contributed by atoms with Crippen LogP contribution in [-0.2, 0) is 11.2 Å². The van der Waals surface area contributed by atoms with Crippen LogP contribution in [0.2, 0.25) is 0 Å². The van der Waals surface area contributed by atoms with Crippen LogP contribution >= 0.6 is 11.8 Å². The Morgan fingerprint density at radius 1 is 1.33 bits per heavy atom. The van der Waals surface area contributed by atoms with Crippen LogP contribution in [0, 0.1) is 0 Å². The average Bonchev–Trinajstić information content (AvgIpc) is 2.43. The molecular formula is C14H22N2OS. The number of hydrogen-bond acceptors (Lipinski definition) is 3. The van der Waals surface area contributed by atoms with Crippen LogP contribution in [0.5, 0.6) is 0 Å². The van der Waals surface area contributed by atoms with Crippen molar-refractivity contribution in [2.24, 2.45) is 5.73 Å². The largest absolute Gasteiger partial charge is 0.340 e. The highest BCUT2D eigenvalue weighted by atomic mass is 32.2. The van der Waals surface area contributed by atoms with Gasteiger partial charge in [-0.2, -0.15) is 11.8 Å². The van der Waals surface area contributed by atoms with Gasteiger partial charge >= 0.3 is 0 Å².